The van der Waals surface area contributed by atoms with Crippen LogP contribution >= 0.6 is 22.6 Å². The number of rotatable bonds is 1. The molecule has 15 heavy (non-hydrogen) atoms. The quantitative estimate of drug-likeness (QED) is 0.644. The van der Waals surface area contributed by atoms with Crippen molar-refractivity contribution in [1.29, 1.82) is 0 Å². The van der Waals surface area contributed by atoms with Gasteiger partial charge in [0.1, 0.15) is 4.90 Å². The Balaban J connectivity index is 2.99. The highest BCUT2D eigenvalue weighted by Gasteiger charge is 2.14. The fourth-order valence-corrected chi connectivity index (χ4v) is 3.21. The highest BCUT2D eigenvalue weighted by molar-refractivity contribution is 14.1. The molecule has 0 bridgehead atoms. The molecule has 0 aromatic heterocycles. The van der Waals surface area contributed by atoms with Gasteiger partial charge in [0.15, 0.2) is 0 Å². The lowest BCUT2D eigenvalue weighted by Gasteiger charge is -2.05. The Hall–Kier alpha value is -0.660. The average molecular weight is 334 g/mol. The van der Waals surface area contributed by atoms with Gasteiger partial charge in [-0.1, -0.05) is 24.3 Å². The second-order valence-corrected chi connectivity index (χ2v) is 5.62. The van der Waals surface area contributed by atoms with Crippen molar-refractivity contribution in [1.82, 2.24) is 0 Å². The van der Waals surface area contributed by atoms with Gasteiger partial charge in [0, 0.05) is 8.96 Å². The molecule has 3 nitrogen and oxygen atoms in total. The van der Waals surface area contributed by atoms with E-state index in [9.17, 15) is 8.42 Å². The Morgan fingerprint density at radius 2 is 1.67 bits per heavy atom. The van der Waals surface area contributed by atoms with E-state index in [1.807, 2.05) is 40.8 Å². The topological polar surface area (TPSA) is 54.4 Å². The summed E-state index contributed by atoms with van der Waals surface area (Å²) in [4.78, 5) is -0.0370. The Morgan fingerprint density at radius 1 is 1.07 bits per heavy atom. The van der Waals surface area contributed by atoms with Gasteiger partial charge in [0.25, 0.3) is 10.1 Å². The third-order valence-electron chi connectivity index (χ3n) is 2.09. The SMILES string of the molecule is O=S(=O)(O)c1cccc2cccc(I)c12. The molecule has 0 fully saturated rings. The average Bonchev–Trinajstić information content (AvgIpc) is 2.16. The fraction of sp³-hybridized carbons (Fsp3) is 0. The first-order chi connectivity index (χ1) is 7.00. The second kappa shape index (κ2) is 3.73. The molecule has 2 aromatic carbocycles. The summed E-state index contributed by atoms with van der Waals surface area (Å²) in [5.74, 6) is 0. The van der Waals surface area contributed by atoms with Crippen molar-refractivity contribution in [2.24, 2.45) is 0 Å². The molecule has 0 amide bonds. The van der Waals surface area contributed by atoms with Crippen molar-refractivity contribution in [3.63, 3.8) is 0 Å². The van der Waals surface area contributed by atoms with Gasteiger partial charge in [0.2, 0.25) is 0 Å². The maximum atomic E-state index is 11.2. The molecule has 78 valence electrons. The van der Waals surface area contributed by atoms with E-state index in [2.05, 4.69) is 0 Å². The molecule has 1 N–H and O–H groups in total. The number of halogens is 1. The van der Waals surface area contributed by atoms with Crippen molar-refractivity contribution in [3.8, 4) is 0 Å². The fourth-order valence-electron chi connectivity index (χ4n) is 1.48. The third kappa shape index (κ3) is 1.99. The molecule has 0 aliphatic carbocycles. The van der Waals surface area contributed by atoms with Gasteiger partial charge in [-0.15, -0.1) is 0 Å². The van der Waals surface area contributed by atoms with Gasteiger partial charge in [-0.05, 0) is 40.1 Å². The van der Waals surface area contributed by atoms with Crippen LogP contribution in [0.1, 0.15) is 0 Å². The molecule has 0 unspecified atom stereocenters. The lowest BCUT2D eigenvalue weighted by atomic mass is 10.1. The molecule has 5 heteroatoms. The van der Waals surface area contributed by atoms with Gasteiger partial charge in [-0.25, -0.2) is 0 Å². The van der Waals surface area contributed by atoms with Crippen molar-refractivity contribution in [2.45, 2.75) is 4.90 Å². The van der Waals surface area contributed by atoms with Crippen LogP contribution in [0.3, 0.4) is 0 Å². The van der Waals surface area contributed by atoms with Crippen LogP contribution in [-0.2, 0) is 10.1 Å². The Labute approximate surface area is 101 Å². The summed E-state index contributed by atoms with van der Waals surface area (Å²) in [5.41, 5.74) is 0. The molecule has 0 saturated heterocycles. The van der Waals surface area contributed by atoms with Crippen LogP contribution in [0.5, 0.6) is 0 Å². The lowest BCUT2D eigenvalue weighted by Crippen LogP contribution is -1.99. The molecule has 0 heterocycles. The van der Waals surface area contributed by atoms with Crippen LogP contribution in [0.2, 0.25) is 0 Å². The molecule has 2 rings (SSSR count). The van der Waals surface area contributed by atoms with E-state index in [0.717, 1.165) is 8.96 Å². The third-order valence-corrected chi connectivity index (χ3v) is 3.89. The minimum Gasteiger partial charge on any atom is -0.282 e. The largest absolute Gasteiger partial charge is 0.295 e. The minimum atomic E-state index is -4.16. The summed E-state index contributed by atoms with van der Waals surface area (Å²) in [6.45, 7) is 0. The maximum absolute atomic E-state index is 11.2. The van der Waals surface area contributed by atoms with Crippen LogP contribution in [0.4, 0.5) is 0 Å². The van der Waals surface area contributed by atoms with E-state index in [0.29, 0.717) is 5.39 Å². The molecular weight excluding hydrogens is 327 g/mol. The van der Waals surface area contributed by atoms with E-state index in [4.69, 9.17) is 4.55 Å². The van der Waals surface area contributed by atoms with Gasteiger partial charge in [0.05, 0.1) is 0 Å². The highest BCUT2D eigenvalue weighted by Crippen LogP contribution is 2.27. The molecule has 2 aromatic rings. The number of benzene rings is 2. The number of hydrogen-bond acceptors (Lipinski definition) is 2. The molecular formula is C10H7IO3S. The van der Waals surface area contributed by atoms with Crippen LogP contribution in [0.25, 0.3) is 10.8 Å². The van der Waals surface area contributed by atoms with E-state index in [1.54, 1.807) is 12.1 Å². The molecule has 0 spiro atoms. The van der Waals surface area contributed by atoms with Gasteiger partial charge in [-0.3, -0.25) is 4.55 Å². The van der Waals surface area contributed by atoms with Crippen LogP contribution < -0.4 is 0 Å². The van der Waals surface area contributed by atoms with E-state index in [-0.39, 0.29) is 4.90 Å². The number of fused-ring (bicyclic) bond motifs is 1. The van der Waals surface area contributed by atoms with Gasteiger partial charge >= 0.3 is 0 Å². The van der Waals surface area contributed by atoms with Gasteiger partial charge < -0.3 is 0 Å². The Morgan fingerprint density at radius 3 is 2.27 bits per heavy atom. The molecule has 0 atom stereocenters. The highest BCUT2D eigenvalue weighted by atomic mass is 127. The number of hydrogen-bond donors (Lipinski definition) is 1. The van der Waals surface area contributed by atoms with Crippen LogP contribution in [-0.4, -0.2) is 13.0 Å². The van der Waals surface area contributed by atoms with Crippen molar-refractivity contribution in [3.05, 3.63) is 40.0 Å². The predicted molar refractivity (Wildman–Crippen MR) is 66.5 cm³/mol. The maximum Gasteiger partial charge on any atom is 0.295 e. The second-order valence-electron chi connectivity index (χ2n) is 3.07. The normalized spacial score (nSPS) is 11.9. The monoisotopic (exact) mass is 334 g/mol. The Bertz CT molecular complexity index is 614. The van der Waals surface area contributed by atoms with E-state index < -0.39 is 10.1 Å². The first-order valence-electron chi connectivity index (χ1n) is 4.15. The molecule has 0 aliphatic rings. The van der Waals surface area contributed by atoms with Crippen molar-refractivity contribution in [2.75, 3.05) is 0 Å². The predicted octanol–water partition coefficient (Wildman–Crippen LogP) is 2.69. The zero-order valence-electron chi connectivity index (χ0n) is 7.51. The van der Waals surface area contributed by atoms with Crippen molar-refractivity contribution < 1.29 is 13.0 Å². The summed E-state index contributed by atoms with van der Waals surface area (Å²) in [6, 6.07) is 10.3. The summed E-state index contributed by atoms with van der Waals surface area (Å²) in [7, 11) is -4.16. The summed E-state index contributed by atoms with van der Waals surface area (Å²) < 4.78 is 32.2. The lowest BCUT2D eigenvalue weighted by molar-refractivity contribution is 0.484. The first-order valence-corrected chi connectivity index (χ1v) is 6.67. The van der Waals surface area contributed by atoms with E-state index >= 15 is 0 Å². The zero-order valence-corrected chi connectivity index (χ0v) is 10.5. The summed E-state index contributed by atoms with van der Waals surface area (Å²) in [5, 5.41) is 1.38. The molecule has 0 saturated carbocycles. The summed E-state index contributed by atoms with van der Waals surface area (Å²) >= 11 is 2.05. The standard InChI is InChI=1S/C10H7IO3S/c11-8-5-1-3-7-4-2-6-9(10(7)8)15(12,13)14/h1-6H,(H,12,13,14). The van der Waals surface area contributed by atoms with E-state index in [1.165, 1.54) is 6.07 Å². The smallest absolute Gasteiger partial charge is 0.282 e. The molecule has 0 aliphatic heterocycles. The molecule has 0 radical (unpaired) electrons. The van der Waals surface area contributed by atoms with Crippen LogP contribution in [0.15, 0.2) is 41.3 Å². The van der Waals surface area contributed by atoms with Crippen LogP contribution in [0, 0.1) is 3.57 Å². The van der Waals surface area contributed by atoms with Crippen molar-refractivity contribution >= 4 is 43.5 Å². The minimum absolute atomic E-state index is 0.0370. The summed E-state index contributed by atoms with van der Waals surface area (Å²) in [6.07, 6.45) is 0. The Kier molecular flexibility index (Phi) is 2.70. The first kappa shape index (κ1) is 10.8. The zero-order chi connectivity index (χ0) is 11.1. The van der Waals surface area contributed by atoms with Gasteiger partial charge in [-0.2, -0.15) is 8.42 Å².